The predicted octanol–water partition coefficient (Wildman–Crippen LogP) is 2.76. The fourth-order valence-electron chi connectivity index (χ4n) is 2.88. The molecule has 0 radical (unpaired) electrons. The lowest BCUT2D eigenvalue weighted by molar-refractivity contribution is 0.218. The molecular weight excluding hydrogens is 286 g/mol. The lowest BCUT2D eigenvalue weighted by atomic mass is 10.1. The number of hydrogen-bond donors (Lipinski definition) is 1. The van der Waals surface area contributed by atoms with E-state index in [1.807, 2.05) is 17.0 Å². The zero-order chi connectivity index (χ0) is 15.9. The molecule has 0 saturated carbocycles. The molecule has 0 aliphatic carbocycles. The molecular formula is C19H23N3O. The van der Waals surface area contributed by atoms with Gasteiger partial charge in [0.25, 0.3) is 0 Å². The predicted molar refractivity (Wildman–Crippen MR) is 93.8 cm³/mol. The van der Waals surface area contributed by atoms with E-state index in [9.17, 15) is 4.79 Å². The Kier molecular flexibility index (Phi) is 5.14. The number of nitrogens with one attached hydrogen (secondary N) is 1. The number of nitrogens with zero attached hydrogens (tertiary/aromatic N) is 2. The summed E-state index contributed by atoms with van der Waals surface area (Å²) in [7, 11) is 0. The summed E-state index contributed by atoms with van der Waals surface area (Å²) in [4.78, 5) is 15.9. The highest BCUT2D eigenvalue weighted by atomic mass is 16.2. The van der Waals surface area contributed by atoms with Gasteiger partial charge < -0.3 is 15.1 Å². The number of para-hydroxylation sites is 1. The summed E-state index contributed by atoms with van der Waals surface area (Å²) in [5.41, 5.74) is 2.55. The Balaban J connectivity index is 1.63. The molecule has 0 aromatic heterocycles. The molecule has 2 aromatic carbocycles. The zero-order valence-corrected chi connectivity index (χ0v) is 13.3. The van der Waals surface area contributed by atoms with Crippen molar-refractivity contribution in [2.75, 3.05) is 37.6 Å². The molecule has 1 heterocycles. The highest BCUT2D eigenvalue weighted by Gasteiger charge is 2.19. The molecule has 1 fully saturated rings. The third kappa shape index (κ3) is 4.25. The van der Waals surface area contributed by atoms with Gasteiger partial charge in [-0.15, -0.1) is 0 Å². The molecule has 2 amide bonds. The maximum absolute atomic E-state index is 11.7. The largest absolute Gasteiger partial charge is 0.369 e. The summed E-state index contributed by atoms with van der Waals surface area (Å²) in [6, 6.07) is 21.0. The molecule has 1 aliphatic rings. The Morgan fingerprint density at radius 2 is 1.65 bits per heavy atom. The number of urea groups is 1. The molecule has 0 spiro atoms. The molecule has 4 nitrogen and oxygen atoms in total. The van der Waals surface area contributed by atoms with Gasteiger partial charge in [0.05, 0.1) is 0 Å². The average molecular weight is 309 g/mol. The van der Waals surface area contributed by atoms with Gasteiger partial charge in [-0.05, 0) is 24.1 Å². The Bertz CT molecular complexity index is 615. The minimum Gasteiger partial charge on any atom is -0.369 e. The number of carbonyl (C=O) groups excluding carboxylic acids is 1. The molecule has 23 heavy (non-hydrogen) atoms. The molecule has 0 atom stereocenters. The lowest BCUT2D eigenvalue weighted by Crippen LogP contribution is -2.38. The number of benzene rings is 2. The molecule has 2 aromatic rings. The first-order valence-corrected chi connectivity index (χ1v) is 8.19. The molecule has 1 saturated heterocycles. The van der Waals surface area contributed by atoms with Gasteiger partial charge in [-0.1, -0.05) is 48.5 Å². The molecule has 4 heteroatoms. The number of amides is 2. The van der Waals surface area contributed by atoms with Crippen molar-refractivity contribution in [1.82, 2.24) is 10.2 Å². The number of anilines is 1. The number of carbonyl (C=O) groups is 1. The van der Waals surface area contributed by atoms with Gasteiger partial charge in [-0.3, -0.25) is 0 Å². The molecule has 0 bridgehead atoms. The van der Waals surface area contributed by atoms with Crippen LogP contribution in [0, 0.1) is 0 Å². The molecule has 1 aliphatic heterocycles. The van der Waals surface area contributed by atoms with Gasteiger partial charge >= 0.3 is 6.03 Å². The van der Waals surface area contributed by atoms with E-state index in [0.717, 1.165) is 39.1 Å². The van der Waals surface area contributed by atoms with Gasteiger partial charge in [-0.25, -0.2) is 4.79 Å². The first kappa shape index (κ1) is 15.4. The summed E-state index contributed by atoms with van der Waals surface area (Å²) in [6.07, 6.45) is 1.00. The SMILES string of the molecule is O=C1NCCN1CCN(CCc1ccccc1)c1ccccc1. The van der Waals surface area contributed by atoms with E-state index in [4.69, 9.17) is 0 Å². The molecule has 120 valence electrons. The Morgan fingerprint density at radius 1 is 0.957 bits per heavy atom. The second-order valence-corrected chi connectivity index (χ2v) is 5.78. The second-order valence-electron chi connectivity index (χ2n) is 5.78. The summed E-state index contributed by atoms with van der Waals surface area (Å²) in [5, 5.41) is 2.86. The van der Waals surface area contributed by atoms with E-state index < -0.39 is 0 Å². The van der Waals surface area contributed by atoms with Crippen LogP contribution in [0.2, 0.25) is 0 Å². The van der Waals surface area contributed by atoms with Crippen LogP contribution in [-0.2, 0) is 6.42 Å². The van der Waals surface area contributed by atoms with Crippen molar-refractivity contribution in [1.29, 1.82) is 0 Å². The van der Waals surface area contributed by atoms with Crippen molar-refractivity contribution >= 4 is 11.7 Å². The summed E-state index contributed by atoms with van der Waals surface area (Å²) < 4.78 is 0. The van der Waals surface area contributed by atoms with E-state index in [1.165, 1.54) is 11.3 Å². The van der Waals surface area contributed by atoms with Crippen molar-refractivity contribution in [3.63, 3.8) is 0 Å². The number of rotatable bonds is 7. The van der Waals surface area contributed by atoms with Crippen LogP contribution in [0.15, 0.2) is 60.7 Å². The van der Waals surface area contributed by atoms with Gasteiger partial charge in [0.2, 0.25) is 0 Å². The standard InChI is InChI=1S/C19H23N3O/c23-19-20-12-14-22(19)16-15-21(18-9-5-2-6-10-18)13-11-17-7-3-1-4-8-17/h1-10H,11-16H2,(H,20,23). The van der Waals surface area contributed by atoms with Crippen LogP contribution in [0.25, 0.3) is 0 Å². The minimum atomic E-state index is 0.0565. The highest BCUT2D eigenvalue weighted by Crippen LogP contribution is 2.14. The van der Waals surface area contributed by atoms with Crippen molar-refractivity contribution < 1.29 is 4.79 Å². The molecule has 1 N–H and O–H groups in total. The lowest BCUT2D eigenvalue weighted by Gasteiger charge is -2.27. The van der Waals surface area contributed by atoms with E-state index in [1.54, 1.807) is 0 Å². The van der Waals surface area contributed by atoms with Gasteiger partial charge in [0, 0.05) is 38.4 Å². The van der Waals surface area contributed by atoms with Crippen LogP contribution in [0.5, 0.6) is 0 Å². The zero-order valence-electron chi connectivity index (χ0n) is 13.3. The fourth-order valence-corrected chi connectivity index (χ4v) is 2.88. The molecule has 0 unspecified atom stereocenters. The monoisotopic (exact) mass is 309 g/mol. The van der Waals surface area contributed by atoms with Crippen molar-refractivity contribution in [3.8, 4) is 0 Å². The van der Waals surface area contributed by atoms with Crippen molar-refractivity contribution in [2.24, 2.45) is 0 Å². The fraction of sp³-hybridized carbons (Fsp3) is 0.316. The van der Waals surface area contributed by atoms with Crippen LogP contribution in [0.3, 0.4) is 0 Å². The second kappa shape index (κ2) is 7.68. The Morgan fingerprint density at radius 3 is 2.30 bits per heavy atom. The average Bonchev–Trinajstić information content (AvgIpc) is 3.02. The maximum Gasteiger partial charge on any atom is 0.317 e. The highest BCUT2D eigenvalue weighted by molar-refractivity contribution is 5.76. The van der Waals surface area contributed by atoms with Crippen LogP contribution >= 0.6 is 0 Å². The van der Waals surface area contributed by atoms with E-state index >= 15 is 0 Å². The summed E-state index contributed by atoms with van der Waals surface area (Å²) in [6.45, 7) is 4.12. The quantitative estimate of drug-likeness (QED) is 0.853. The van der Waals surface area contributed by atoms with Crippen LogP contribution in [-0.4, -0.2) is 43.7 Å². The van der Waals surface area contributed by atoms with Crippen LogP contribution in [0.4, 0.5) is 10.5 Å². The van der Waals surface area contributed by atoms with Crippen LogP contribution in [0.1, 0.15) is 5.56 Å². The molecule has 3 rings (SSSR count). The van der Waals surface area contributed by atoms with Crippen molar-refractivity contribution in [3.05, 3.63) is 66.2 Å². The van der Waals surface area contributed by atoms with E-state index in [0.29, 0.717) is 0 Å². The topological polar surface area (TPSA) is 35.6 Å². The van der Waals surface area contributed by atoms with Gasteiger partial charge in [-0.2, -0.15) is 0 Å². The normalized spacial score (nSPS) is 13.9. The van der Waals surface area contributed by atoms with Crippen LogP contribution < -0.4 is 10.2 Å². The first-order valence-electron chi connectivity index (χ1n) is 8.19. The summed E-state index contributed by atoms with van der Waals surface area (Å²) >= 11 is 0. The summed E-state index contributed by atoms with van der Waals surface area (Å²) in [5.74, 6) is 0. The smallest absolute Gasteiger partial charge is 0.317 e. The Labute approximate surface area is 137 Å². The van der Waals surface area contributed by atoms with Crippen molar-refractivity contribution in [2.45, 2.75) is 6.42 Å². The van der Waals surface area contributed by atoms with E-state index in [-0.39, 0.29) is 6.03 Å². The maximum atomic E-state index is 11.7. The third-order valence-electron chi connectivity index (χ3n) is 4.22. The minimum absolute atomic E-state index is 0.0565. The van der Waals surface area contributed by atoms with Gasteiger partial charge in [0.1, 0.15) is 0 Å². The number of hydrogen-bond acceptors (Lipinski definition) is 2. The first-order chi connectivity index (χ1) is 11.3. The Hall–Kier alpha value is -2.49. The van der Waals surface area contributed by atoms with E-state index in [2.05, 4.69) is 58.7 Å². The third-order valence-corrected chi connectivity index (χ3v) is 4.22. The van der Waals surface area contributed by atoms with Gasteiger partial charge in [0.15, 0.2) is 0 Å².